The third-order valence-electron chi connectivity index (χ3n) is 4.36. The molecule has 5 nitrogen and oxygen atoms in total. The lowest BCUT2D eigenvalue weighted by Crippen LogP contribution is -2.22. The van der Waals surface area contributed by atoms with E-state index in [9.17, 15) is 10.1 Å². The number of methoxy groups -OCH3 is 1. The van der Waals surface area contributed by atoms with E-state index in [0.717, 1.165) is 45.8 Å². The summed E-state index contributed by atoms with van der Waals surface area (Å²) in [5.41, 5.74) is 1.81. The molecule has 0 spiro atoms. The molecule has 0 saturated heterocycles. The molecule has 0 fully saturated rings. The molecule has 0 bridgehead atoms. The van der Waals surface area contributed by atoms with Crippen LogP contribution in [-0.2, 0) is 6.42 Å². The first-order chi connectivity index (χ1) is 13.1. The number of ether oxygens (including phenoxy) is 1. The number of hydrogen-bond donors (Lipinski definition) is 0. The van der Waals surface area contributed by atoms with Crippen molar-refractivity contribution in [3.63, 3.8) is 0 Å². The summed E-state index contributed by atoms with van der Waals surface area (Å²) >= 11 is 4.71. The Bertz CT molecular complexity index is 1100. The molecule has 1 atom stereocenters. The lowest BCUT2D eigenvalue weighted by molar-refractivity contribution is 0.414. The van der Waals surface area contributed by atoms with Crippen LogP contribution in [0.5, 0.6) is 5.75 Å². The van der Waals surface area contributed by atoms with Crippen molar-refractivity contribution in [2.24, 2.45) is 0 Å². The summed E-state index contributed by atoms with van der Waals surface area (Å²) in [6.07, 6.45) is 2.00. The van der Waals surface area contributed by atoms with Gasteiger partial charge in [-0.1, -0.05) is 11.8 Å². The fraction of sp³-hybridized carbons (Fsp3) is 0.316. The topological polar surface area (TPSA) is 67.9 Å². The summed E-state index contributed by atoms with van der Waals surface area (Å²) in [5, 5.41) is 10.2. The Morgan fingerprint density at radius 1 is 1.37 bits per heavy atom. The average molecular weight is 416 g/mol. The molecule has 1 aliphatic rings. The van der Waals surface area contributed by atoms with Gasteiger partial charge >= 0.3 is 0 Å². The zero-order chi connectivity index (χ0) is 19.0. The van der Waals surface area contributed by atoms with Crippen LogP contribution in [0.4, 0.5) is 0 Å². The minimum absolute atomic E-state index is 0.0576. The van der Waals surface area contributed by atoms with Gasteiger partial charge in [-0.3, -0.25) is 9.36 Å². The second-order valence-corrected chi connectivity index (χ2v) is 9.79. The van der Waals surface area contributed by atoms with Crippen molar-refractivity contribution in [2.45, 2.75) is 34.4 Å². The van der Waals surface area contributed by atoms with Gasteiger partial charge in [-0.15, -0.1) is 23.1 Å². The van der Waals surface area contributed by atoms with Crippen molar-refractivity contribution >= 4 is 45.1 Å². The number of thiophene rings is 1. The Labute approximate surface area is 169 Å². The minimum atomic E-state index is -0.303. The van der Waals surface area contributed by atoms with E-state index in [1.807, 2.05) is 43.0 Å². The Kier molecular flexibility index (Phi) is 5.17. The molecule has 1 aromatic carbocycles. The quantitative estimate of drug-likeness (QED) is 0.462. The van der Waals surface area contributed by atoms with Crippen molar-refractivity contribution in [1.29, 1.82) is 5.26 Å². The fourth-order valence-corrected chi connectivity index (χ4v) is 6.43. The number of nitriles is 1. The van der Waals surface area contributed by atoms with E-state index in [1.54, 1.807) is 23.0 Å². The molecule has 0 amide bonds. The van der Waals surface area contributed by atoms with E-state index in [-0.39, 0.29) is 10.8 Å². The number of aromatic nitrogens is 2. The molecule has 4 rings (SSSR count). The van der Waals surface area contributed by atoms with Crippen LogP contribution in [-0.4, -0.2) is 27.7 Å². The van der Waals surface area contributed by atoms with E-state index < -0.39 is 0 Å². The van der Waals surface area contributed by atoms with Gasteiger partial charge in [0.1, 0.15) is 10.6 Å². The van der Waals surface area contributed by atoms with E-state index in [1.165, 1.54) is 16.0 Å². The van der Waals surface area contributed by atoms with Crippen LogP contribution in [0.15, 0.2) is 38.4 Å². The Morgan fingerprint density at radius 3 is 2.85 bits per heavy atom. The summed E-state index contributed by atoms with van der Waals surface area (Å²) in [6, 6.07) is 9.57. The van der Waals surface area contributed by atoms with Crippen LogP contribution in [0, 0.1) is 11.3 Å². The highest BCUT2D eigenvalue weighted by molar-refractivity contribution is 8.01. The fourth-order valence-electron chi connectivity index (χ4n) is 3.05. The molecule has 0 unspecified atom stereocenters. The lowest BCUT2D eigenvalue weighted by Gasteiger charge is -2.14. The van der Waals surface area contributed by atoms with Crippen LogP contribution in [0.25, 0.3) is 15.9 Å². The SMILES string of the molecule is COc1ccc(-n2c(S[C@@H](C)C#N)nc3sc4c(c3c2=O)CCCS4)cc1. The van der Waals surface area contributed by atoms with Crippen LogP contribution in [0.3, 0.4) is 0 Å². The summed E-state index contributed by atoms with van der Waals surface area (Å²) in [5.74, 6) is 1.81. The van der Waals surface area contributed by atoms with E-state index >= 15 is 0 Å². The van der Waals surface area contributed by atoms with Crippen molar-refractivity contribution in [2.75, 3.05) is 12.9 Å². The molecular formula is C19H17N3O2S3. The lowest BCUT2D eigenvalue weighted by atomic mass is 10.1. The van der Waals surface area contributed by atoms with Gasteiger partial charge in [0.15, 0.2) is 5.16 Å². The molecule has 0 saturated carbocycles. The highest BCUT2D eigenvalue weighted by atomic mass is 32.2. The number of nitrogens with zero attached hydrogens (tertiary/aromatic N) is 3. The first-order valence-electron chi connectivity index (χ1n) is 8.54. The molecule has 0 N–H and O–H groups in total. The highest BCUT2D eigenvalue weighted by Gasteiger charge is 2.24. The number of hydrogen-bond acceptors (Lipinski definition) is 7. The van der Waals surface area contributed by atoms with Gasteiger partial charge in [0.25, 0.3) is 5.56 Å². The minimum Gasteiger partial charge on any atom is -0.497 e. The Balaban J connectivity index is 1.97. The smallest absolute Gasteiger partial charge is 0.267 e. The van der Waals surface area contributed by atoms with Gasteiger partial charge in [-0.25, -0.2) is 4.98 Å². The number of fused-ring (bicyclic) bond motifs is 3. The third-order valence-corrected chi connectivity index (χ3v) is 7.82. The monoisotopic (exact) mass is 415 g/mol. The largest absolute Gasteiger partial charge is 0.497 e. The van der Waals surface area contributed by atoms with Crippen LogP contribution in [0.1, 0.15) is 18.9 Å². The molecule has 0 aliphatic carbocycles. The van der Waals surface area contributed by atoms with Crippen molar-refractivity contribution < 1.29 is 4.74 Å². The second kappa shape index (κ2) is 7.58. The maximum Gasteiger partial charge on any atom is 0.267 e. The Hall–Kier alpha value is -1.95. The van der Waals surface area contributed by atoms with E-state index in [0.29, 0.717) is 5.16 Å². The molecule has 27 heavy (non-hydrogen) atoms. The van der Waals surface area contributed by atoms with Crippen molar-refractivity contribution in [3.05, 3.63) is 40.2 Å². The predicted octanol–water partition coefficient (Wildman–Crippen LogP) is 4.50. The first-order valence-corrected chi connectivity index (χ1v) is 11.2. The zero-order valence-electron chi connectivity index (χ0n) is 14.9. The van der Waals surface area contributed by atoms with Crippen molar-refractivity contribution in [1.82, 2.24) is 9.55 Å². The highest BCUT2D eigenvalue weighted by Crippen LogP contribution is 2.41. The van der Waals surface area contributed by atoms with Gasteiger partial charge < -0.3 is 4.74 Å². The summed E-state index contributed by atoms with van der Waals surface area (Å²) in [4.78, 5) is 19.1. The Morgan fingerprint density at radius 2 is 2.15 bits per heavy atom. The van der Waals surface area contributed by atoms with E-state index in [2.05, 4.69) is 6.07 Å². The second-order valence-electron chi connectivity index (χ2n) is 6.12. The number of benzene rings is 1. The number of rotatable bonds is 4. The van der Waals surface area contributed by atoms with E-state index in [4.69, 9.17) is 9.72 Å². The molecule has 8 heteroatoms. The summed E-state index contributed by atoms with van der Waals surface area (Å²) < 4.78 is 8.06. The van der Waals surface area contributed by atoms with Crippen LogP contribution < -0.4 is 10.3 Å². The molecule has 1 aliphatic heterocycles. The summed E-state index contributed by atoms with van der Waals surface area (Å²) in [6.45, 7) is 1.81. The summed E-state index contributed by atoms with van der Waals surface area (Å²) in [7, 11) is 1.61. The zero-order valence-corrected chi connectivity index (χ0v) is 17.3. The van der Waals surface area contributed by atoms with Gasteiger partial charge in [0, 0.05) is 0 Å². The normalized spacial score (nSPS) is 14.6. The maximum absolute atomic E-state index is 13.5. The molecule has 3 aromatic rings. The average Bonchev–Trinajstić information content (AvgIpc) is 3.06. The molecule has 3 heterocycles. The first kappa shape index (κ1) is 18.4. The number of thioether (sulfide) groups is 2. The number of aryl methyl sites for hydroxylation is 1. The predicted molar refractivity (Wildman–Crippen MR) is 112 cm³/mol. The van der Waals surface area contributed by atoms with Gasteiger partial charge in [-0.05, 0) is 55.3 Å². The van der Waals surface area contributed by atoms with Crippen LogP contribution in [0.2, 0.25) is 0 Å². The standard InChI is InChI=1S/C19H17N3O2S3/c1-11(10-20)26-19-21-16-15(14-4-3-9-25-18(14)27-16)17(23)22(19)12-5-7-13(24-2)8-6-12/h5-8,11H,3-4,9H2,1-2H3/t11-/m0/s1. The van der Waals surface area contributed by atoms with Gasteiger partial charge in [0.2, 0.25) is 0 Å². The molecular weight excluding hydrogens is 398 g/mol. The third kappa shape index (κ3) is 3.35. The molecule has 2 aromatic heterocycles. The maximum atomic E-state index is 13.5. The van der Waals surface area contributed by atoms with Crippen LogP contribution >= 0.6 is 34.9 Å². The molecule has 138 valence electrons. The van der Waals surface area contributed by atoms with Gasteiger partial charge in [0.05, 0.1) is 33.7 Å². The van der Waals surface area contributed by atoms with Crippen molar-refractivity contribution in [3.8, 4) is 17.5 Å². The molecule has 0 radical (unpaired) electrons. The van der Waals surface area contributed by atoms with Gasteiger partial charge in [-0.2, -0.15) is 5.26 Å².